The summed E-state index contributed by atoms with van der Waals surface area (Å²) < 4.78 is 1.77. The first-order valence-electron chi connectivity index (χ1n) is 6.00. The molecule has 2 heterocycles. The van der Waals surface area contributed by atoms with Crippen molar-refractivity contribution >= 4 is 11.5 Å². The predicted octanol–water partition coefficient (Wildman–Crippen LogP) is 2.58. The molecule has 1 fully saturated rings. The summed E-state index contributed by atoms with van der Waals surface area (Å²) in [5.74, 6) is 0.932. The smallest absolute Gasteiger partial charge is 0.157 e. The highest BCUT2D eigenvalue weighted by molar-refractivity contribution is 5.48. The monoisotopic (exact) mass is 230 g/mol. The van der Waals surface area contributed by atoms with Gasteiger partial charge in [-0.05, 0) is 16.9 Å². The predicted molar refractivity (Wildman–Crippen MR) is 68.0 cm³/mol. The van der Waals surface area contributed by atoms with Gasteiger partial charge in [0, 0.05) is 18.3 Å². The SMILES string of the molecule is CC1(C)C(Nc2ccn3nccc3n2)C1(C)C. The lowest BCUT2D eigenvalue weighted by atomic mass is 10.0. The molecule has 0 aliphatic heterocycles. The molecule has 0 bridgehead atoms. The number of hydrogen-bond donors (Lipinski definition) is 1. The molecular formula is C13H18N4. The molecule has 0 aromatic carbocycles. The molecule has 0 unspecified atom stereocenters. The van der Waals surface area contributed by atoms with Crippen molar-refractivity contribution in [3.63, 3.8) is 0 Å². The van der Waals surface area contributed by atoms with Crippen molar-refractivity contribution in [1.82, 2.24) is 14.6 Å². The minimum absolute atomic E-state index is 0.320. The zero-order valence-corrected chi connectivity index (χ0v) is 10.7. The highest BCUT2D eigenvalue weighted by Crippen LogP contribution is 2.63. The average Bonchev–Trinajstić information content (AvgIpc) is 2.67. The van der Waals surface area contributed by atoms with Crippen LogP contribution in [0.15, 0.2) is 24.5 Å². The van der Waals surface area contributed by atoms with Crippen molar-refractivity contribution in [2.45, 2.75) is 33.7 Å². The fourth-order valence-electron chi connectivity index (χ4n) is 2.60. The van der Waals surface area contributed by atoms with Crippen LogP contribution in [0.2, 0.25) is 0 Å². The summed E-state index contributed by atoms with van der Waals surface area (Å²) in [6.07, 6.45) is 3.70. The Labute approximate surface area is 101 Å². The molecule has 3 rings (SSSR count). The molecule has 2 aromatic heterocycles. The van der Waals surface area contributed by atoms with E-state index in [1.165, 1.54) is 0 Å². The molecule has 1 aliphatic rings. The standard InChI is InChI=1S/C13H18N4/c1-12(2)11(13(12,3)4)16-9-6-8-17-10(15-9)5-7-14-17/h5-8,11H,1-4H3,(H,15,16). The van der Waals surface area contributed by atoms with E-state index in [-0.39, 0.29) is 0 Å². The normalized spacial score (nSPS) is 21.6. The minimum Gasteiger partial charge on any atom is -0.366 e. The van der Waals surface area contributed by atoms with E-state index in [1.807, 2.05) is 18.3 Å². The Morgan fingerprint density at radius 3 is 2.53 bits per heavy atom. The summed E-state index contributed by atoms with van der Waals surface area (Å²) in [5, 5.41) is 7.66. The van der Waals surface area contributed by atoms with E-state index >= 15 is 0 Å². The number of aromatic nitrogens is 3. The van der Waals surface area contributed by atoms with Crippen molar-refractivity contribution < 1.29 is 0 Å². The van der Waals surface area contributed by atoms with Crippen molar-refractivity contribution in [2.24, 2.45) is 10.8 Å². The molecule has 0 saturated heterocycles. The summed E-state index contributed by atoms with van der Waals surface area (Å²) in [5.41, 5.74) is 1.52. The largest absolute Gasteiger partial charge is 0.366 e. The molecule has 0 radical (unpaired) electrons. The van der Waals surface area contributed by atoms with E-state index in [0.717, 1.165) is 11.5 Å². The first-order chi connectivity index (χ1) is 7.93. The van der Waals surface area contributed by atoms with Gasteiger partial charge in [0.05, 0.1) is 6.20 Å². The van der Waals surface area contributed by atoms with E-state index in [2.05, 4.69) is 43.1 Å². The molecule has 90 valence electrons. The van der Waals surface area contributed by atoms with Gasteiger partial charge in [-0.15, -0.1) is 0 Å². The molecule has 17 heavy (non-hydrogen) atoms. The molecule has 4 heteroatoms. The van der Waals surface area contributed by atoms with Crippen LogP contribution < -0.4 is 5.32 Å². The van der Waals surface area contributed by atoms with Crippen LogP contribution in [-0.4, -0.2) is 20.6 Å². The van der Waals surface area contributed by atoms with Crippen LogP contribution in [0.4, 0.5) is 5.82 Å². The van der Waals surface area contributed by atoms with Gasteiger partial charge in [-0.1, -0.05) is 27.7 Å². The second-order valence-electron chi connectivity index (χ2n) is 5.97. The summed E-state index contributed by atoms with van der Waals surface area (Å²) in [6, 6.07) is 4.37. The number of anilines is 1. The Hall–Kier alpha value is -1.58. The second kappa shape index (κ2) is 3.00. The van der Waals surface area contributed by atoms with Crippen LogP contribution in [0, 0.1) is 10.8 Å². The topological polar surface area (TPSA) is 42.2 Å². The first-order valence-corrected chi connectivity index (χ1v) is 6.00. The Bertz CT molecular complexity index is 554. The summed E-state index contributed by atoms with van der Waals surface area (Å²) in [4.78, 5) is 4.54. The van der Waals surface area contributed by atoms with Gasteiger partial charge in [-0.3, -0.25) is 0 Å². The number of nitrogens with zero attached hydrogens (tertiary/aromatic N) is 3. The second-order valence-corrected chi connectivity index (χ2v) is 5.97. The summed E-state index contributed by atoms with van der Waals surface area (Å²) >= 11 is 0. The molecule has 1 saturated carbocycles. The van der Waals surface area contributed by atoms with E-state index in [9.17, 15) is 0 Å². The lowest BCUT2D eigenvalue weighted by molar-refractivity contribution is 0.457. The van der Waals surface area contributed by atoms with Gasteiger partial charge in [0.1, 0.15) is 5.82 Å². The van der Waals surface area contributed by atoms with Gasteiger partial charge >= 0.3 is 0 Å². The minimum atomic E-state index is 0.320. The quantitative estimate of drug-likeness (QED) is 0.862. The first kappa shape index (κ1) is 10.6. The van der Waals surface area contributed by atoms with Crippen molar-refractivity contribution in [1.29, 1.82) is 0 Å². The van der Waals surface area contributed by atoms with E-state index < -0.39 is 0 Å². The van der Waals surface area contributed by atoms with E-state index in [1.54, 1.807) is 10.7 Å². The zero-order chi connectivity index (χ0) is 12.3. The maximum atomic E-state index is 4.54. The van der Waals surface area contributed by atoms with Gasteiger partial charge < -0.3 is 5.32 Å². The molecule has 0 spiro atoms. The molecule has 0 atom stereocenters. The number of fused-ring (bicyclic) bond motifs is 1. The Morgan fingerprint density at radius 1 is 1.18 bits per heavy atom. The van der Waals surface area contributed by atoms with Crippen LogP contribution in [0.1, 0.15) is 27.7 Å². The Morgan fingerprint density at radius 2 is 1.88 bits per heavy atom. The number of rotatable bonds is 2. The van der Waals surface area contributed by atoms with Crippen LogP contribution in [-0.2, 0) is 0 Å². The lowest BCUT2D eigenvalue weighted by Crippen LogP contribution is -2.11. The van der Waals surface area contributed by atoms with Crippen LogP contribution in [0.25, 0.3) is 5.65 Å². The summed E-state index contributed by atoms with van der Waals surface area (Å²) in [6.45, 7) is 9.17. The van der Waals surface area contributed by atoms with E-state index in [0.29, 0.717) is 16.9 Å². The molecule has 0 amide bonds. The fraction of sp³-hybridized carbons (Fsp3) is 0.538. The lowest BCUT2D eigenvalue weighted by Gasteiger charge is -2.07. The highest BCUT2D eigenvalue weighted by Gasteiger charge is 2.65. The Kier molecular flexibility index (Phi) is 1.86. The average molecular weight is 230 g/mol. The Balaban J connectivity index is 1.87. The van der Waals surface area contributed by atoms with Crippen LogP contribution in [0.3, 0.4) is 0 Å². The van der Waals surface area contributed by atoms with Gasteiger partial charge in [-0.2, -0.15) is 5.10 Å². The molecule has 4 nitrogen and oxygen atoms in total. The van der Waals surface area contributed by atoms with E-state index in [4.69, 9.17) is 0 Å². The van der Waals surface area contributed by atoms with Crippen LogP contribution >= 0.6 is 0 Å². The maximum absolute atomic E-state index is 4.54. The van der Waals surface area contributed by atoms with Crippen LogP contribution in [0.5, 0.6) is 0 Å². The third-order valence-corrected chi connectivity index (χ3v) is 4.57. The molecule has 2 aromatic rings. The van der Waals surface area contributed by atoms with Crippen molar-refractivity contribution in [3.8, 4) is 0 Å². The molecular weight excluding hydrogens is 212 g/mol. The maximum Gasteiger partial charge on any atom is 0.157 e. The zero-order valence-electron chi connectivity index (χ0n) is 10.7. The number of hydrogen-bond acceptors (Lipinski definition) is 3. The third kappa shape index (κ3) is 1.36. The fourth-order valence-corrected chi connectivity index (χ4v) is 2.60. The number of nitrogens with one attached hydrogen (secondary N) is 1. The molecule has 1 aliphatic carbocycles. The van der Waals surface area contributed by atoms with Gasteiger partial charge in [0.25, 0.3) is 0 Å². The van der Waals surface area contributed by atoms with Gasteiger partial charge in [0.15, 0.2) is 5.65 Å². The summed E-state index contributed by atoms with van der Waals surface area (Å²) in [7, 11) is 0. The van der Waals surface area contributed by atoms with Crippen molar-refractivity contribution in [2.75, 3.05) is 5.32 Å². The molecule has 1 N–H and O–H groups in total. The van der Waals surface area contributed by atoms with Crippen molar-refractivity contribution in [3.05, 3.63) is 24.5 Å². The van der Waals surface area contributed by atoms with Gasteiger partial charge in [-0.25, -0.2) is 9.50 Å². The third-order valence-electron chi connectivity index (χ3n) is 4.57. The van der Waals surface area contributed by atoms with Gasteiger partial charge in [0.2, 0.25) is 0 Å². The highest BCUT2D eigenvalue weighted by atomic mass is 15.2.